The molecule has 0 spiro atoms. The minimum atomic E-state index is -0.613. The number of methoxy groups -OCH3 is 1. The van der Waals surface area contributed by atoms with Crippen molar-refractivity contribution >= 4 is 29.7 Å². The average molecular weight is 670 g/mol. The number of aryl methyl sites for hydroxylation is 1. The number of carbonyl (C=O) groups excluding carboxylic acids is 5. The Morgan fingerprint density at radius 3 is 2.02 bits per heavy atom. The van der Waals surface area contributed by atoms with Gasteiger partial charge >= 0.3 is 17.9 Å². The second-order valence-corrected chi connectivity index (χ2v) is 11.2. The van der Waals surface area contributed by atoms with Crippen molar-refractivity contribution in [2.75, 3.05) is 33.5 Å². The molecular formula is C38H39NO10. The van der Waals surface area contributed by atoms with E-state index in [4.69, 9.17) is 18.9 Å². The van der Waals surface area contributed by atoms with Crippen LogP contribution >= 0.6 is 0 Å². The molecule has 0 saturated heterocycles. The van der Waals surface area contributed by atoms with Gasteiger partial charge in [-0.2, -0.15) is 0 Å². The first-order valence-electron chi connectivity index (χ1n) is 15.9. The summed E-state index contributed by atoms with van der Waals surface area (Å²) in [4.78, 5) is 60.2. The summed E-state index contributed by atoms with van der Waals surface area (Å²) < 4.78 is 26.8. The number of benzene rings is 3. The molecule has 0 saturated carbocycles. The zero-order valence-corrected chi connectivity index (χ0v) is 27.6. The summed E-state index contributed by atoms with van der Waals surface area (Å²) in [5.41, 5.74) is 3.32. The number of esters is 3. The first kappa shape index (κ1) is 36.1. The van der Waals surface area contributed by atoms with Gasteiger partial charge in [0.05, 0.1) is 38.9 Å². The van der Waals surface area contributed by atoms with Crippen molar-refractivity contribution in [2.45, 2.75) is 39.0 Å². The van der Waals surface area contributed by atoms with Crippen molar-refractivity contribution in [3.63, 3.8) is 0 Å². The van der Waals surface area contributed by atoms with Gasteiger partial charge in [-0.15, -0.1) is 0 Å². The maximum Gasteiger partial charge on any atom is 0.343 e. The quantitative estimate of drug-likeness (QED) is 0.0539. The Bertz CT molecular complexity index is 1670. The van der Waals surface area contributed by atoms with Gasteiger partial charge in [0.25, 0.3) is 11.8 Å². The fraction of sp³-hybridized carbons (Fsp3) is 0.289. The molecule has 0 radical (unpaired) electrons. The third-order valence-electron chi connectivity index (χ3n) is 7.51. The van der Waals surface area contributed by atoms with Gasteiger partial charge < -0.3 is 23.7 Å². The summed E-state index contributed by atoms with van der Waals surface area (Å²) in [5.74, 6) is -0.463. The molecule has 3 aromatic rings. The van der Waals surface area contributed by atoms with Crippen molar-refractivity contribution in [3.8, 4) is 28.4 Å². The number of rotatable bonds is 18. The van der Waals surface area contributed by atoms with Crippen LogP contribution in [0.2, 0.25) is 0 Å². The molecule has 0 atom stereocenters. The van der Waals surface area contributed by atoms with Crippen LogP contribution in [0, 0.1) is 6.92 Å². The van der Waals surface area contributed by atoms with Crippen LogP contribution in [0.15, 0.2) is 91.0 Å². The molecule has 0 N–H and O–H groups in total. The van der Waals surface area contributed by atoms with Crippen LogP contribution in [-0.4, -0.2) is 68.1 Å². The molecule has 0 aliphatic carbocycles. The number of nitrogens with zero attached hydrogens (tertiary/aromatic N) is 1. The van der Waals surface area contributed by atoms with E-state index in [1.807, 2.05) is 37.3 Å². The van der Waals surface area contributed by atoms with Crippen LogP contribution in [0.5, 0.6) is 17.2 Å². The van der Waals surface area contributed by atoms with E-state index < -0.39 is 17.9 Å². The van der Waals surface area contributed by atoms with Crippen LogP contribution < -0.4 is 14.2 Å². The zero-order valence-electron chi connectivity index (χ0n) is 27.6. The number of ether oxygens (including phenoxy) is 5. The smallest absolute Gasteiger partial charge is 0.343 e. The molecule has 1 aliphatic heterocycles. The molecule has 0 fully saturated rings. The summed E-state index contributed by atoms with van der Waals surface area (Å²) in [5, 5.41) is 0. The van der Waals surface area contributed by atoms with E-state index in [9.17, 15) is 24.0 Å². The van der Waals surface area contributed by atoms with Crippen LogP contribution in [-0.2, 0) is 28.7 Å². The fourth-order valence-electron chi connectivity index (χ4n) is 4.74. The highest BCUT2D eigenvalue weighted by Gasteiger charge is 2.22. The third kappa shape index (κ3) is 10.9. The highest BCUT2D eigenvalue weighted by molar-refractivity contribution is 6.12. The Morgan fingerprint density at radius 2 is 1.35 bits per heavy atom. The van der Waals surface area contributed by atoms with Gasteiger partial charge in [-0.3, -0.25) is 19.3 Å². The van der Waals surface area contributed by atoms with Crippen molar-refractivity contribution in [1.82, 2.24) is 4.90 Å². The standard InChI is InChI=1S/C38H39NO10/c1-26-24-30(12-17-33(26)47-22-6-7-23-48-37(43)27(2)25-36(42)45-3)28-8-15-32(16-9-28)49-38(44)29-10-13-31(14-11-29)46-21-5-4-20-39-34(40)18-19-35(39)41/h8-19,24H,2,4-7,20-23,25H2,1,3H3. The van der Waals surface area contributed by atoms with Crippen LogP contribution in [0.4, 0.5) is 0 Å². The predicted octanol–water partition coefficient (Wildman–Crippen LogP) is 5.79. The second-order valence-electron chi connectivity index (χ2n) is 11.2. The van der Waals surface area contributed by atoms with Crippen LogP contribution in [0.1, 0.15) is 48.0 Å². The molecule has 49 heavy (non-hydrogen) atoms. The topological polar surface area (TPSA) is 135 Å². The van der Waals surface area contributed by atoms with E-state index in [1.165, 1.54) is 24.2 Å². The van der Waals surface area contributed by atoms with Crippen LogP contribution in [0.25, 0.3) is 11.1 Å². The Kier molecular flexibility index (Phi) is 13.3. The molecule has 1 aliphatic rings. The van der Waals surface area contributed by atoms with Gasteiger partial charge in [-0.05, 0) is 97.8 Å². The van der Waals surface area contributed by atoms with E-state index in [0.717, 1.165) is 22.4 Å². The molecular weight excluding hydrogens is 630 g/mol. The van der Waals surface area contributed by atoms with Crippen molar-refractivity contribution in [2.24, 2.45) is 0 Å². The molecule has 0 aromatic heterocycles. The fourth-order valence-corrected chi connectivity index (χ4v) is 4.74. The van der Waals surface area contributed by atoms with Gasteiger partial charge in [0.2, 0.25) is 0 Å². The number of amides is 2. The lowest BCUT2D eigenvalue weighted by Crippen LogP contribution is -2.31. The highest BCUT2D eigenvalue weighted by Crippen LogP contribution is 2.28. The SMILES string of the molecule is C=C(CC(=O)OC)C(=O)OCCCCOc1ccc(-c2ccc(OC(=O)c3ccc(OCCCCN4C(=O)C=CC4=O)cc3)cc2)cc1C. The molecule has 256 valence electrons. The number of hydrogen-bond donors (Lipinski definition) is 0. The Balaban J connectivity index is 1.15. The number of unbranched alkanes of at least 4 members (excludes halogenated alkanes) is 2. The summed E-state index contributed by atoms with van der Waals surface area (Å²) >= 11 is 0. The lowest BCUT2D eigenvalue weighted by Gasteiger charge is -2.13. The van der Waals surface area contributed by atoms with E-state index in [-0.39, 0.29) is 30.4 Å². The highest BCUT2D eigenvalue weighted by atomic mass is 16.5. The van der Waals surface area contributed by atoms with Crippen molar-refractivity contribution in [1.29, 1.82) is 0 Å². The minimum absolute atomic E-state index is 0.0562. The minimum Gasteiger partial charge on any atom is -0.494 e. The summed E-state index contributed by atoms with van der Waals surface area (Å²) in [6, 6.07) is 19.8. The predicted molar refractivity (Wildman–Crippen MR) is 180 cm³/mol. The molecule has 2 amide bonds. The van der Waals surface area contributed by atoms with Gasteiger partial charge in [-0.25, -0.2) is 9.59 Å². The molecule has 0 unspecified atom stereocenters. The average Bonchev–Trinajstić information content (AvgIpc) is 3.42. The Hall–Kier alpha value is -5.71. The Labute approximate surface area is 285 Å². The van der Waals surface area contributed by atoms with E-state index in [2.05, 4.69) is 11.3 Å². The van der Waals surface area contributed by atoms with E-state index in [0.29, 0.717) is 62.5 Å². The van der Waals surface area contributed by atoms with Gasteiger partial charge in [0.15, 0.2) is 0 Å². The molecule has 11 nitrogen and oxygen atoms in total. The molecule has 11 heteroatoms. The molecule has 0 bridgehead atoms. The first-order valence-corrected chi connectivity index (χ1v) is 15.9. The third-order valence-corrected chi connectivity index (χ3v) is 7.51. The van der Waals surface area contributed by atoms with Crippen LogP contribution in [0.3, 0.4) is 0 Å². The largest absolute Gasteiger partial charge is 0.494 e. The maximum atomic E-state index is 12.7. The van der Waals surface area contributed by atoms with E-state index >= 15 is 0 Å². The normalized spacial score (nSPS) is 12.1. The first-order chi connectivity index (χ1) is 23.6. The summed E-state index contributed by atoms with van der Waals surface area (Å²) in [6.45, 7) is 6.92. The number of carbonyl (C=O) groups is 5. The summed E-state index contributed by atoms with van der Waals surface area (Å²) in [6.07, 6.45) is 4.91. The maximum absolute atomic E-state index is 12.7. The van der Waals surface area contributed by atoms with E-state index in [1.54, 1.807) is 36.4 Å². The second kappa shape index (κ2) is 18.0. The summed E-state index contributed by atoms with van der Waals surface area (Å²) in [7, 11) is 1.24. The lowest BCUT2D eigenvalue weighted by atomic mass is 10.0. The van der Waals surface area contributed by atoms with Crippen molar-refractivity contribution in [3.05, 3.63) is 102 Å². The molecule has 3 aromatic carbocycles. The monoisotopic (exact) mass is 669 g/mol. The zero-order chi connectivity index (χ0) is 35.2. The molecule has 4 rings (SSSR count). The lowest BCUT2D eigenvalue weighted by molar-refractivity contribution is -0.144. The molecule has 1 heterocycles. The van der Waals surface area contributed by atoms with Gasteiger partial charge in [-0.1, -0.05) is 24.8 Å². The Morgan fingerprint density at radius 1 is 0.735 bits per heavy atom. The number of hydrogen-bond acceptors (Lipinski definition) is 10. The number of imide groups is 1. The van der Waals surface area contributed by atoms with Gasteiger partial charge in [0.1, 0.15) is 17.2 Å². The van der Waals surface area contributed by atoms with Crippen molar-refractivity contribution < 1.29 is 47.7 Å². The van der Waals surface area contributed by atoms with Gasteiger partial charge in [0, 0.05) is 24.3 Å².